The molecule has 2 saturated heterocycles. The SMILES string of the molecule is CCCCNc1cnc(C(=O)N2CCC3(CC2)OCCO3)cn1. The molecule has 0 aromatic carbocycles. The maximum absolute atomic E-state index is 12.5. The van der Waals surface area contributed by atoms with Crippen molar-refractivity contribution in [2.45, 2.75) is 38.4 Å². The molecule has 0 unspecified atom stereocenters. The van der Waals surface area contributed by atoms with E-state index < -0.39 is 5.79 Å². The van der Waals surface area contributed by atoms with Crippen LogP contribution in [0.5, 0.6) is 0 Å². The molecule has 0 saturated carbocycles. The first-order chi connectivity index (χ1) is 11.2. The summed E-state index contributed by atoms with van der Waals surface area (Å²) in [5, 5.41) is 3.19. The largest absolute Gasteiger partial charge is 0.369 e. The molecule has 3 heterocycles. The van der Waals surface area contributed by atoms with Crippen LogP contribution in [0.25, 0.3) is 0 Å². The number of piperidine rings is 1. The molecule has 2 aliphatic heterocycles. The van der Waals surface area contributed by atoms with Gasteiger partial charge in [0, 0.05) is 32.5 Å². The Morgan fingerprint density at radius 1 is 1.26 bits per heavy atom. The van der Waals surface area contributed by atoms with E-state index in [-0.39, 0.29) is 5.91 Å². The van der Waals surface area contributed by atoms with Gasteiger partial charge in [0.25, 0.3) is 5.91 Å². The third kappa shape index (κ3) is 3.79. The number of anilines is 1. The lowest BCUT2D eigenvalue weighted by molar-refractivity contribution is -0.181. The van der Waals surface area contributed by atoms with Gasteiger partial charge in [0.1, 0.15) is 11.5 Å². The first-order valence-electron chi connectivity index (χ1n) is 8.35. The van der Waals surface area contributed by atoms with Crippen LogP contribution in [0.4, 0.5) is 5.82 Å². The molecule has 2 fully saturated rings. The van der Waals surface area contributed by atoms with Crippen LogP contribution in [-0.2, 0) is 9.47 Å². The van der Waals surface area contributed by atoms with Gasteiger partial charge in [-0.05, 0) is 6.42 Å². The second kappa shape index (κ2) is 7.23. The number of hydrogen-bond acceptors (Lipinski definition) is 6. The third-order valence-electron chi connectivity index (χ3n) is 4.33. The van der Waals surface area contributed by atoms with E-state index in [9.17, 15) is 4.79 Å². The Labute approximate surface area is 136 Å². The lowest BCUT2D eigenvalue weighted by Gasteiger charge is -2.37. The Morgan fingerprint density at radius 3 is 2.61 bits per heavy atom. The van der Waals surface area contributed by atoms with Gasteiger partial charge >= 0.3 is 0 Å². The number of aromatic nitrogens is 2. The number of amides is 1. The third-order valence-corrected chi connectivity index (χ3v) is 4.33. The Balaban J connectivity index is 1.54. The number of ether oxygens (including phenoxy) is 2. The van der Waals surface area contributed by atoms with Crippen LogP contribution in [0.1, 0.15) is 43.1 Å². The maximum atomic E-state index is 12.5. The van der Waals surface area contributed by atoms with E-state index in [2.05, 4.69) is 22.2 Å². The van der Waals surface area contributed by atoms with Crippen molar-refractivity contribution in [2.24, 2.45) is 0 Å². The van der Waals surface area contributed by atoms with Gasteiger partial charge in [0.15, 0.2) is 5.79 Å². The molecule has 7 heteroatoms. The van der Waals surface area contributed by atoms with E-state index in [0.29, 0.717) is 50.7 Å². The molecule has 1 N–H and O–H groups in total. The summed E-state index contributed by atoms with van der Waals surface area (Å²) in [6, 6.07) is 0. The molecule has 3 rings (SSSR count). The fraction of sp³-hybridized carbons (Fsp3) is 0.688. The number of carbonyl (C=O) groups is 1. The van der Waals surface area contributed by atoms with Crippen LogP contribution < -0.4 is 5.32 Å². The van der Waals surface area contributed by atoms with Crippen LogP contribution in [0.15, 0.2) is 12.4 Å². The second-order valence-corrected chi connectivity index (χ2v) is 5.97. The number of likely N-dealkylation sites (tertiary alicyclic amines) is 1. The van der Waals surface area contributed by atoms with Crippen LogP contribution in [-0.4, -0.2) is 59.4 Å². The van der Waals surface area contributed by atoms with Crippen molar-refractivity contribution < 1.29 is 14.3 Å². The predicted octanol–water partition coefficient (Wildman–Crippen LogP) is 1.67. The number of nitrogens with one attached hydrogen (secondary N) is 1. The van der Waals surface area contributed by atoms with Crippen molar-refractivity contribution in [2.75, 3.05) is 38.2 Å². The van der Waals surface area contributed by atoms with Gasteiger partial charge < -0.3 is 19.7 Å². The summed E-state index contributed by atoms with van der Waals surface area (Å²) >= 11 is 0. The molecule has 2 aliphatic rings. The Bertz CT molecular complexity index is 519. The molecule has 0 atom stereocenters. The summed E-state index contributed by atoms with van der Waals surface area (Å²) in [7, 11) is 0. The van der Waals surface area contributed by atoms with Gasteiger partial charge in [-0.25, -0.2) is 9.97 Å². The van der Waals surface area contributed by atoms with Gasteiger partial charge in [-0.15, -0.1) is 0 Å². The van der Waals surface area contributed by atoms with E-state index in [1.54, 1.807) is 17.3 Å². The highest BCUT2D eigenvalue weighted by molar-refractivity contribution is 5.92. The fourth-order valence-electron chi connectivity index (χ4n) is 2.92. The number of carbonyl (C=O) groups excluding carboxylic acids is 1. The zero-order valence-corrected chi connectivity index (χ0v) is 13.6. The Kier molecular flexibility index (Phi) is 5.07. The highest BCUT2D eigenvalue weighted by Gasteiger charge is 2.41. The number of hydrogen-bond donors (Lipinski definition) is 1. The molecule has 1 spiro atoms. The van der Waals surface area contributed by atoms with Crippen molar-refractivity contribution in [3.63, 3.8) is 0 Å². The number of nitrogens with zero attached hydrogens (tertiary/aromatic N) is 3. The normalized spacial score (nSPS) is 20.0. The predicted molar refractivity (Wildman–Crippen MR) is 85.2 cm³/mol. The fourth-order valence-corrected chi connectivity index (χ4v) is 2.92. The summed E-state index contributed by atoms with van der Waals surface area (Å²) in [6.07, 6.45) is 6.80. The highest BCUT2D eigenvalue weighted by Crippen LogP contribution is 2.31. The lowest BCUT2D eigenvalue weighted by atomic mass is 10.0. The summed E-state index contributed by atoms with van der Waals surface area (Å²) < 4.78 is 11.4. The number of unbranched alkanes of at least 4 members (excludes halogenated alkanes) is 1. The van der Waals surface area contributed by atoms with E-state index in [0.717, 1.165) is 19.4 Å². The first kappa shape index (κ1) is 16.1. The summed E-state index contributed by atoms with van der Waals surface area (Å²) in [5.41, 5.74) is 0.384. The Hall–Kier alpha value is -1.73. The van der Waals surface area contributed by atoms with Crippen molar-refractivity contribution >= 4 is 11.7 Å². The second-order valence-electron chi connectivity index (χ2n) is 5.97. The van der Waals surface area contributed by atoms with Crippen molar-refractivity contribution in [3.8, 4) is 0 Å². The summed E-state index contributed by atoms with van der Waals surface area (Å²) in [5.74, 6) is 0.168. The maximum Gasteiger partial charge on any atom is 0.274 e. The van der Waals surface area contributed by atoms with Crippen LogP contribution in [0.3, 0.4) is 0 Å². The average Bonchev–Trinajstić information content (AvgIpc) is 3.04. The lowest BCUT2D eigenvalue weighted by Crippen LogP contribution is -2.47. The molecule has 0 bridgehead atoms. The van der Waals surface area contributed by atoms with E-state index in [1.165, 1.54) is 0 Å². The van der Waals surface area contributed by atoms with E-state index in [1.807, 2.05) is 0 Å². The molecule has 1 aromatic heterocycles. The summed E-state index contributed by atoms with van der Waals surface area (Å²) in [6.45, 7) is 5.54. The van der Waals surface area contributed by atoms with E-state index in [4.69, 9.17) is 9.47 Å². The summed E-state index contributed by atoms with van der Waals surface area (Å²) in [4.78, 5) is 22.8. The highest BCUT2D eigenvalue weighted by atomic mass is 16.7. The van der Waals surface area contributed by atoms with Gasteiger partial charge in [-0.1, -0.05) is 13.3 Å². The molecule has 23 heavy (non-hydrogen) atoms. The zero-order chi connectivity index (χ0) is 16.1. The smallest absolute Gasteiger partial charge is 0.274 e. The topological polar surface area (TPSA) is 76.6 Å². The molecule has 0 radical (unpaired) electrons. The van der Waals surface area contributed by atoms with E-state index >= 15 is 0 Å². The Morgan fingerprint density at radius 2 is 2.00 bits per heavy atom. The van der Waals surface area contributed by atoms with Gasteiger partial charge in [0.05, 0.1) is 25.6 Å². The minimum Gasteiger partial charge on any atom is -0.369 e. The van der Waals surface area contributed by atoms with Crippen molar-refractivity contribution in [1.29, 1.82) is 0 Å². The quantitative estimate of drug-likeness (QED) is 0.832. The number of rotatable bonds is 5. The van der Waals surface area contributed by atoms with Crippen LogP contribution in [0.2, 0.25) is 0 Å². The first-order valence-corrected chi connectivity index (χ1v) is 8.35. The standard InChI is InChI=1S/C16H24N4O3/c1-2-3-6-17-14-12-18-13(11-19-14)15(21)20-7-4-16(5-8-20)22-9-10-23-16/h11-12H,2-10H2,1H3,(H,17,19). The van der Waals surface area contributed by atoms with Crippen molar-refractivity contribution in [1.82, 2.24) is 14.9 Å². The molecule has 7 nitrogen and oxygen atoms in total. The molecular weight excluding hydrogens is 296 g/mol. The molecular formula is C16H24N4O3. The van der Waals surface area contributed by atoms with Crippen molar-refractivity contribution in [3.05, 3.63) is 18.1 Å². The van der Waals surface area contributed by atoms with Crippen LogP contribution in [0, 0.1) is 0 Å². The monoisotopic (exact) mass is 320 g/mol. The zero-order valence-electron chi connectivity index (χ0n) is 13.6. The minimum absolute atomic E-state index is 0.0783. The van der Waals surface area contributed by atoms with Gasteiger partial charge in [-0.2, -0.15) is 0 Å². The molecule has 1 amide bonds. The molecule has 126 valence electrons. The molecule has 0 aliphatic carbocycles. The van der Waals surface area contributed by atoms with Gasteiger partial charge in [0.2, 0.25) is 0 Å². The van der Waals surface area contributed by atoms with Crippen LogP contribution >= 0.6 is 0 Å². The molecule has 1 aromatic rings. The average molecular weight is 320 g/mol. The minimum atomic E-state index is -0.463. The van der Waals surface area contributed by atoms with Gasteiger partial charge in [-0.3, -0.25) is 4.79 Å².